The van der Waals surface area contributed by atoms with Crippen molar-refractivity contribution in [1.29, 1.82) is 0 Å². The maximum absolute atomic E-state index is 15.4. The first kappa shape index (κ1) is 45.8. The number of carbonyl (C=O) groups excluding carboxylic acids is 1. The van der Waals surface area contributed by atoms with Crippen molar-refractivity contribution in [1.82, 2.24) is 10.2 Å². The van der Waals surface area contributed by atoms with Crippen LogP contribution in [0.15, 0.2) is 182 Å². The summed E-state index contributed by atoms with van der Waals surface area (Å²) in [5.41, 5.74) is 5.64. The molecule has 0 saturated carbocycles. The molecule has 1 amide bonds. The summed E-state index contributed by atoms with van der Waals surface area (Å²) in [6.45, 7) is 3.20. The first-order valence-corrected chi connectivity index (χ1v) is 23.2. The van der Waals surface area contributed by atoms with Gasteiger partial charge < -0.3 is 33.3 Å². The number of nitrogens with one attached hydrogen (secondary N) is 1. The highest BCUT2D eigenvalue weighted by molar-refractivity contribution is 7.53. The van der Waals surface area contributed by atoms with Crippen LogP contribution in [0.4, 0.5) is 0 Å². The molecular formula is C52H57N2O8P. The number of hydrogen-bond donors (Lipinski definition) is 1. The molecule has 10 nitrogen and oxygen atoms in total. The summed E-state index contributed by atoms with van der Waals surface area (Å²) in [5.74, 6) is -0.243. The van der Waals surface area contributed by atoms with E-state index in [1.54, 1.807) is 0 Å². The van der Waals surface area contributed by atoms with Gasteiger partial charge in [-0.3, -0.25) is 14.3 Å². The Balaban J connectivity index is 1.28. The maximum atomic E-state index is 15.4. The second-order valence-corrected chi connectivity index (χ2v) is 17.7. The zero-order valence-corrected chi connectivity index (χ0v) is 36.6. The van der Waals surface area contributed by atoms with E-state index in [9.17, 15) is 4.79 Å². The number of carbonyl (C=O) groups is 1. The van der Waals surface area contributed by atoms with Gasteiger partial charge in [0, 0.05) is 13.5 Å². The largest absolute Gasteiger partial charge is 0.374 e. The highest BCUT2D eigenvalue weighted by Gasteiger charge is 2.52. The molecule has 0 aliphatic carbocycles. The molecule has 0 unspecified atom stereocenters. The molecule has 0 bridgehead atoms. The molecule has 1 saturated heterocycles. The minimum absolute atomic E-state index is 0.0680. The lowest BCUT2D eigenvalue weighted by Crippen LogP contribution is -2.58. The first-order valence-electron chi connectivity index (χ1n) is 21.5. The number of rotatable bonds is 24. The SMILES string of the molecule is CC(=O)N[C@H]1[C@H]([C@H](OCc2ccccc2)[C@@H](COCc2ccccc2)OCc2ccccc2)N(CP(=O)(OCc2ccccc2)OCc2ccccc2)C[C@@H]1OCc1ccccc1. The maximum Gasteiger partial charge on any atom is 0.345 e. The predicted molar refractivity (Wildman–Crippen MR) is 244 cm³/mol. The van der Waals surface area contributed by atoms with Crippen molar-refractivity contribution < 1.29 is 37.4 Å². The highest BCUT2D eigenvalue weighted by atomic mass is 31.2. The van der Waals surface area contributed by atoms with Crippen LogP contribution in [0.1, 0.15) is 40.3 Å². The van der Waals surface area contributed by atoms with E-state index in [1.165, 1.54) is 6.92 Å². The van der Waals surface area contributed by atoms with E-state index in [4.69, 9.17) is 28.0 Å². The molecule has 6 aromatic carbocycles. The Morgan fingerprint density at radius 1 is 0.571 bits per heavy atom. The molecule has 7 rings (SSSR count). The van der Waals surface area contributed by atoms with Crippen LogP contribution in [0.2, 0.25) is 0 Å². The number of nitrogens with zero attached hydrogens (tertiary/aromatic N) is 1. The Bertz CT molecular complexity index is 2210. The summed E-state index contributed by atoms with van der Waals surface area (Å²) in [5, 5.41) is 3.25. The summed E-state index contributed by atoms with van der Waals surface area (Å²) < 4.78 is 55.3. The van der Waals surface area contributed by atoms with E-state index < -0.39 is 38.0 Å². The lowest BCUT2D eigenvalue weighted by molar-refractivity contribution is -0.142. The summed E-state index contributed by atoms with van der Waals surface area (Å²) >= 11 is 0. The van der Waals surface area contributed by atoms with E-state index in [0.29, 0.717) is 13.2 Å². The van der Waals surface area contributed by atoms with Crippen LogP contribution < -0.4 is 5.32 Å². The smallest absolute Gasteiger partial charge is 0.345 e. The Kier molecular flexibility index (Phi) is 17.4. The van der Waals surface area contributed by atoms with Crippen LogP contribution in [0.5, 0.6) is 0 Å². The molecule has 6 aromatic rings. The molecular weight excluding hydrogens is 812 g/mol. The molecule has 1 N–H and O–H groups in total. The van der Waals surface area contributed by atoms with Gasteiger partial charge in [-0.15, -0.1) is 0 Å². The number of benzene rings is 6. The molecule has 11 heteroatoms. The van der Waals surface area contributed by atoms with Gasteiger partial charge in [0.2, 0.25) is 5.91 Å². The summed E-state index contributed by atoms with van der Waals surface area (Å²) in [7, 11) is -3.94. The molecule has 328 valence electrons. The zero-order valence-electron chi connectivity index (χ0n) is 35.7. The second kappa shape index (κ2) is 24.0. The predicted octanol–water partition coefficient (Wildman–Crippen LogP) is 9.73. The zero-order chi connectivity index (χ0) is 43.5. The van der Waals surface area contributed by atoms with Crippen molar-refractivity contribution >= 4 is 13.5 Å². The van der Waals surface area contributed by atoms with Gasteiger partial charge in [-0.2, -0.15) is 0 Å². The van der Waals surface area contributed by atoms with Crippen molar-refractivity contribution in [3.05, 3.63) is 215 Å². The van der Waals surface area contributed by atoms with Crippen LogP contribution in [-0.4, -0.2) is 60.6 Å². The molecule has 0 aromatic heterocycles. The first-order chi connectivity index (χ1) is 30.9. The lowest BCUT2D eigenvalue weighted by Gasteiger charge is -2.39. The highest BCUT2D eigenvalue weighted by Crippen LogP contribution is 2.52. The van der Waals surface area contributed by atoms with E-state index in [1.807, 2.05) is 187 Å². The van der Waals surface area contributed by atoms with Crippen LogP contribution in [0.3, 0.4) is 0 Å². The summed E-state index contributed by atoms with van der Waals surface area (Å²) in [4.78, 5) is 15.3. The number of ether oxygens (including phenoxy) is 4. The third-order valence-corrected chi connectivity index (χ3v) is 12.6. The van der Waals surface area contributed by atoms with Crippen LogP contribution >= 0.6 is 7.60 Å². The average molecular weight is 869 g/mol. The third kappa shape index (κ3) is 14.4. The van der Waals surface area contributed by atoms with E-state index >= 15 is 4.57 Å². The van der Waals surface area contributed by atoms with E-state index in [-0.39, 0.29) is 51.8 Å². The van der Waals surface area contributed by atoms with Gasteiger partial charge in [0.05, 0.1) is 64.4 Å². The van der Waals surface area contributed by atoms with Crippen molar-refractivity contribution in [2.75, 3.05) is 19.4 Å². The third-order valence-electron chi connectivity index (χ3n) is 10.9. The molecule has 1 aliphatic rings. The lowest BCUT2D eigenvalue weighted by atomic mass is 9.96. The molecule has 63 heavy (non-hydrogen) atoms. The van der Waals surface area contributed by atoms with Gasteiger partial charge in [-0.05, 0) is 33.4 Å². The van der Waals surface area contributed by atoms with Crippen molar-refractivity contribution in [2.24, 2.45) is 0 Å². The van der Waals surface area contributed by atoms with Gasteiger partial charge in [-0.25, -0.2) is 0 Å². The molecule has 1 fully saturated rings. The standard InChI is InChI=1S/C52H57N2O8P/c1-41(55)53-50-48(58-34-43-22-10-3-11-23-43)32-54(40-63(56,61-37-46-28-16-6-17-29-46)62-38-47-30-18-7-19-31-47)51(50)52(60-36-45-26-14-5-15-27-45)49(59-35-44-24-12-4-13-25-44)39-57-33-42-20-8-2-9-21-42/h2-31,48-52H,32-40H2,1H3,(H,53,55)/t48-,49+,50+,51+,52+/m0/s1. The minimum atomic E-state index is -3.94. The fourth-order valence-corrected chi connectivity index (χ4v) is 9.41. The van der Waals surface area contributed by atoms with E-state index in [0.717, 1.165) is 33.4 Å². The molecule has 0 radical (unpaired) electrons. The molecule has 1 aliphatic heterocycles. The van der Waals surface area contributed by atoms with Gasteiger partial charge >= 0.3 is 7.60 Å². The van der Waals surface area contributed by atoms with Crippen molar-refractivity contribution in [3.8, 4) is 0 Å². The number of amides is 1. The van der Waals surface area contributed by atoms with Gasteiger partial charge in [0.1, 0.15) is 18.5 Å². The molecule has 5 atom stereocenters. The van der Waals surface area contributed by atoms with Crippen LogP contribution in [-0.2, 0) is 77.0 Å². The summed E-state index contributed by atoms with van der Waals surface area (Å²) in [6.07, 6.45) is -2.12. The minimum Gasteiger partial charge on any atom is -0.374 e. The summed E-state index contributed by atoms with van der Waals surface area (Å²) in [6, 6.07) is 57.7. The number of likely N-dealkylation sites (tertiary alicyclic amines) is 1. The molecule has 1 heterocycles. The normalized spacial score (nSPS) is 17.6. The Labute approximate surface area is 371 Å². The van der Waals surface area contributed by atoms with Crippen molar-refractivity contribution in [3.63, 3.8) is 0 Å². The Hall–Kier alpha value is -5.26. The second-order valence-electron chi connectivity index (χ2n) is 15.7. The monoisotopic (exact) mass is 868 g/mol. The van der Waals surface area contributed by atoms with Gasteiger partial charge in [0.15, 0.2) is 0 Å². The Morgan fingerprint density at radius 2 is 0.968 bits per heavy atom. The fraction of sp³-hybridized carbons (Fsp3) is 0.288. The number of hydrogen-bond acceptors (Lipinski definition) is 9. The fourth-order valence-electron chi connectivity index (χ4n) is 7.74. The average Bonchev–Trinajstić information content (AvgIpc) is 3.64. The van der Waals surface area contributed by atoms with Crippen LogP contribution in [0, 0.1) is 0 Å². The van der Waals surface area contributed by atoms with Gasteiger partial charge in [-0.1, -0.05) is 182 Å². The topological polar surface area (TPSA) is 105 Å². The Morgan fingerprint density at radius 3 is 1.41 bits per heavy atom. The quantitative estimate of drug-likeness (QED) is 0.0596. The van der Waals surface area contributed by atoms with E-state index in [2.05, 4.69) is 5.32 Å². The van der Waals surface area contributed by atoms with Crippen LogP contribution in [0.25, 0.3) is 0 Å². The molecule has 0 spiro atoms. The van der Waals surface area contributed by atoms with Crippen molar-refractivity contribution in [2.45, 2.75) is 77.0 Å². The van der Waals surface area contributed by atoms with Gasteiger partial charge in [0.25, 0.3) is 0 Å².